The summed E-state index contributed by atoms with van der Waals surface area (Å²) >= 11 is 3.10. The molecule has 2 aromatic carbocycles. The van der Waals surface area contributed by atoms with E-state index in [2.05, 4.69) is 21.2 Å². The van der Waals surface area contributed by atoms with E-state index in [1.54, 1.807) is 19.1 Å². The van der Waals surface area contributed by atoms with E-state index in [4.69, 9.17) is 0 Å². The van der Waals surface area contributed by atoms with Crippen LogP contribution in [0, 0.1) is 18.6 Å². The number of amides is 1. The number of benzene rings is 2. The number of halogens is 3. The summed E-state index contributed by atoms with van der Waals surface area (Å²) in [6.07, 6.45) is 0. The first-order valence-corrected chi connectivity index (χ1v) is 6.30. The molecule has 1 amide bonds. The summed E-state index contributed by atoms with van der Waals surface area (Å²) in [7, 11) is 0. The van der Waals surface area contributed by atoms with Crippen molar-refractivity contribution in [2.75, 3.05) is 5.32 Å². The maximum absolute atomic E-state index is 13.6. The second kappa shape index (κ2) is 5.48. The highest BCUT2D eigenvalue weighted by molar-refractivity contribution is 9.10. The molecule has 0 aliphatic rings. The second-order valence-corrected chi connectivity index (χ2v) is 4.86. The van der Waals surface area contributed by atoms with Gasteiger partial charge in [-0.15, -0.1) is 0 Å². The Morgan fingerprint density at radius 1 is 1.21 bits per heavy atom. The van der Waals surface area contributed by atoms with E-state index in [9.17, 15) is 13.6 Å². The van der Waals surface area contributed by atoms with Crippen LogP contribution in [0.2, 0.25) is 0 Å². The molecule has 0 aliphatic heterocycles. The van der Waals surface area contributed by atoms with E-state index in [0.29, 0.717) is 10.0 Å². The number of para-hydroxylation sites is 1. The molecule has 0 radical (unpaired) electrons. The third-order valence-electron chi connectivity index (χ3n) is 2.64. The lowest BCUT2D eigenvalue weighted by molar-refractivity contribution is 0.102. The Kier molecular flexibility index (Phi) is 3.95. The molecule has 0 aliphatic carbocycles. The number of carbonyl (C=O) groups excluding carboxylic acids is 1. The van der Waals surface area contributed by atoms with Gasteiger partial charge in [-0.25, -0.2) is 8.78 Å². The van der Waals surface area contributed by atoms with Crippen molar-refractivity contribution < 1.29 is 13.6 Å². The molecular weight excluding hydrogens is 316 g/mol. The largest absolute Gasteiger partial charge is 0.319 e. The lowest BCUT2D eigenvalue weighted by Gasteiger charge is -2.10. The fraction of sp³-hybridized carbons (Fsp3) is 0.0714. The first-order chi connectivity index (χ1) is 8.99. The SMILES string of the molecule is Cc1cccc(F)c1NC(=O)c1ccc(F)cc1Br. The van der Waals surface area contributed by atoms with Crippen LogP contribution in [-0.2, 0) is 0 Å². The summed E-state index contributed by atoms with van der Waals surface area (Å²) in [5.74, 6) is -1.46. The lowest BCUT2D eigenvalue weighted by atomic mass is 10.1. The number of hydrogen-bond donors (Lipinski definition) is 1. The van der Waals surface area contributed by atoms with Crippen molar-refractivity contribution >= 4 is 27.5 Å². The van der Waals surface area contributed by atoms with Gasteiger partial charge in [0, 0.05) is 4.47 Å². The highest BCUT2D eigenvalue weighted by atomic mass is 79.9. The molecule has 2 nitrogen and oxygen atoms in total. The molecule has 0 spiro atoms. The molecule has 0 unspecified atom stereocenters. The normalized spacial score (nSPS) is 10.3. The van der Waals surface area contributed by atoms with Crippen LogP contribution >= 0.6 is 15.9 Å². The Bertz CT molecular complexity index is 623. The number of rotatable bonds is 2. The average molecular weight is 326 g/mol. The summed E-state index contributed by atoms with van der Waals surface area (Å²) in [4.78, 5) is 12.0. The standard InChI is InChI=1S/C14H10BrF2NO/c1-8-3-2-4-12(17)13(8)18-14(19)10-6-5-9(16)7-11(10)15/h2-7H,1H3,(H,18,19). The quantitative estimate of drug-likeness (QED) is 0.876. The number of nitrogens with one attached hydrogen (secondary N) is 1. The van der Waals surface area contributed by atoms with Crippen LogP contribution in [0.3, 0.4) is 0 Å². The molecule has 0 bridgehead atoms. The predicted molar refractivity (Wildman–Crippen MR) is 73.2 cm³/mol. The highest BCUT2D eigenvalue weighted by Crippen LogP contribution is 2.22. The maximum Gasteiger partial charge on any atom is 0.256 e. The van der Waals surface area contributed by atoms with Crippen LogP contribution in [0.15, 0.2) is 40.9 Å². The van der Waals surface area contributed by atoms with Crippen LogP contribution in [0.5, 0.6) is 0 Å². The van der Waals surface area contributed by atoms with E-state index in [-0.39, 0.29) is 11.3 Å². The van der Waals surface area contributed by atoms with Crippen molar-refractivity contribution in [3.63, 3.8) is 0 Å². The van der Waals surface area contributed by atoms with Gasteiger partial charge in [-0.3, -0.25) is 4.79 Å². The van der Waals surface area contributed by atoms with Gasteiger partial charge in [0.15, 0.2) is 0 Å². The number of aryl methyl sites for hydroxylation is 1. The lowest BCUT2D eigenvalue weighted by Crippen LogP contribution is -2.14. The fourth-order valence-corrected chi connectivity index (χ4v) is 2.18. The summed E-state index contributed by atoms with van der Waals surface area (Å²) < 4.78 is 26.9. The molecule has 19 heavy (non-hydrogen) atoms. The predicted octanol–water partition coefficient (Wildman–Crippen LogP) is 4.29. The van der Waals surface area contributed by atoms with Crippen LogP contribution in [0.25, 0.3) is 0 Å². The van der Waals surface area contributed by atoms with E-state index in [1.165, 1.54) is 24.3 Å². The summed E-state index contributed by atoms with van der Waals surface area (Å²) in [6, 6.07) is 8.22. The fourth-order valence-electron chi connectivity index (χ4n) is 1.64. The molecule has 2 aromatic rings. The minimum atomic E-state index is -0.508. The van der Waals surface area contributed by atoms with Gasteiger partial charge in [-0.05, 0) is 52.7 Å². The van der Waals surface area contributed by atoms with E-state index in [0.717, 1.165) is 0 Å². The Balaban J connectivity index is 2.31. The molecular formula is C14H10BrF2NO. The zero-order valence-electron chi connectivity index (χ0n) is 10.0. The Morgan fingerprint density at radius 3 is 2.58 bits per heavy atom. The van der Waals surface area contributed by atoms with Crippen molar-refractivity contribution in [1.29, 1.82) is 0 Å². The van der Waals surface area contributed by atoms with Crippen LogP contribution in [0.1, 0.15) is 15.9 Å². The summed E-state index contributed by atoms with van der Waals surface area (Å²) in [5.41, 5.74) is 0.986. The van der Waals surface area contributed by atoms with Crippen molar-refractivity contribution in [3.8, 4) is 0 Å². The molecule has 0 aromatic heterocycles. The van der Waals surface area contributed by atoms with E-state index < -0.39 is 17.5 Å². The minimum absolute atomic E-state index is 0.128. The number of anilines is 1. The van der Waals surface area contributed by atoms with Gasteiger partial charge in [0.1, 0.15) is 11.6 Å². The Morgan fingerprint density at radius 2 is 1.95 bits per heavy atom. The first kappa shape index (κ1) is 13.7. The van der Waals surface area contributed by atoms with Gasteiger partial charge in [-0.2, -0.15) is 0 Å². The van der Waals surface area contributed by atoms with Gasteiger partial charge in [0.05, 0.1) is 11.3 Å². The van der Waals surface area contributed by atoms with Gasteiger partial charge in [0.2, 0.25) is 0 Å². The highest BCUT2D eigenvalue weighted by Gasteiger charge is 2.14. The van der Waals surface area contributed by atoms with E-state index >= 15 is 0 Å². The second-order valence-electron chi connectivity index (χ2n) is 4.01. The van der Waals surface area contributed by atoms with Gasteiger partial charge < -0.3 is 5.32 Å². The molecule has 0 atom stereocenters. The monoisotopic (exact) mass is 325 g/mol. The van der Waals surface area contributed by atoms with Crippen LogP contribution in [0.4, 0.5) is 14.5 Å². The molecule has 5 heteroatoms. The van der Waals surface area contributed by atoms with Gasteiger partial charge in [-0.1, -0.05) is 12.1 Å². The third kappa shape index (κ3) is 2.98. The molecule has 0 saturated heterocycles. The third-order valence-corrected chi connectivity index (χ3v) is 3.29. The maximum atomic E-state index is 13.6. The average Bonchev–Trinajstić information content (AvgIpc) is 2.33. The van der Waals surface area contributed by atoms with Gasteiger partial charge in [0.25, 0.3) is 5.91 Å². The Labute approximate surface area is 117 Å². The summed E-state index contributed by atoms with van der Waals surface area (Å²) in [5, 5.41) is 2.49. The molecule has 1 N–H and O–H groups in total. The van der Waals surface area contributed by atoms with E-state index in [1.807, 2.05) is 0 Å². The minimum Gasteiger partial charge on any atom is -0.319 e. The first-order valence-electron chi connectivity index (χ1n) is 5.50. The van der Waals surface area contributed by atoms with Crippen molar-refractivity contribution in [2.45, 2.75) is 6.92 Å². The topological polar surface area (TPSA) is 29.1 Å². The van der Waals surface area contributed by atoms with Gasteiger partial charge >= 0.3 is 0 Å². The molecule has 0 heterocycles. The molecule has 98 valence electrons. The Hall–Kier alpha value is -1.75. The molecule has 0 fully saturated rings. The van der Waals surface area contributed by atoms with Crippen molar-refractivity contribution in [2.24, 2.45) is 0 Å². The van der Waals surface area contributed by atoms with Crippen LogP contribution in [-0.4, -0.2) is 5.91 Å². The molecule has 0 saturated carbocycles. The zero-order valence-corrected chi connectivity index (χ0v) is 11.6. The van der Waals surface area contributed by atoms with Crippen molar-refractivity contribution in [3.05, 3.63) is 63.6 Å². The number of carbonyl (C=O) groups is 1. The van der Waals surface area contributed by atoms with Crippen LogP contribution < -0.4 is 5.32 Å². The zero-order chi connectivity index (χ0) is 14.0. The molecule has 2 rings (SSSR count). The number of hydrogen-bond acceptors (Lipinski definition) is 1. The smallest absolute Gasteiger partial charge is 0.256 e. The summed E-state index contributed by atoms with van der Waals surface area (Å²) in [6.45, 7) is 1.69. The van der Waals surface area contributed by atoms with Crippen molar-refractivity contribution in [1.82, 2.24) is 0 Å².